The van der Waals surface area contributed by atoms with E-state index in [-0.39, 0.29) is 17.9 Å². The van der Waals surface area contributed by atoms with Gasteiger partial charge in [0, 0.05) is 37.8 Å². The standard InChI is InChI=1S/C20H31N3O2/c1-5-22(6-2)20(25)23-13-11-17(12-14-23)19(24)21-18-9-7-16(8-10-18)15(3)4/h7-10,15,17H,5-6,11-14H2,1-4H3,(H,21,24). The van der Waals surface area contributed by atoms with Gasteiger partial charge in [-0.15, -0.1) is 0 Å². The van der Waals surface area contributed by atoms with Crippen molar-refractivity contribution in [2.45, 2.75) is 46.5 Å². The average Bonchev–Trinajstić information content (AvgIpc) is 2.63. The largest absolute Gasteiger partial charge is 0.326 e. The van der Waals surface area contributed by atoms with E-state index in [0.29, 0.717) is 19.0 Å². The lowest BCUT2D eigenvalue weighted by Crippen LogP contribution is -2.47. The van der Waals surface area contributed by atoms with E-state index in [1.807, 2.05) is 35.8 Å². The van der Waals surface area contributed by atoms with E-state index in [9.17, 15) is 9.59 Å². The number of benzene rings is 1. The second-order valence-electron chi connectivity index (χ2n) is 6.98. The molecule has 138 valence electrons. The highest BCUT2D eigenvalue weighted by molar-refractivity contribution is 5.92. The molecule has 0 unspecified atom stereocenters. The molecule has 0 spiro atoms. The Morgan fingerprint density at radius 3 is 2.16 bits per heavy atom. The van der Waals surface area contributed by atoms with E-state index in [4.69, 9.17) is 0 Å². The van der Waals surface area contributed by atoms with Crippen LogP contribution < -0.4 is 5.32 Å². The number of carbonyl (C=O) groups excluding carboxylic acids is 2. The van der Waals surface area contributed by atoms with Gasteiger partial charge in [0.05, 0.1) is 0 Å². The van der Waals surface area contributed by atoms with Crippen molar-refractivity contribution in [3.63, 3.8) is 0 Å². The lowest BCUT2D eigenvalue weighted by molar-refractivity contribution is -0.121. The topological polar surface area (TPSA) is 52.7 Å². The van der Waals surface area contributed by atoms with Crippen LogP contribution in [0.15, 0.2) is 24.3 Å². The van der Waals surface area contributed by atoms with Crippen LogP contribution >= 0.6 is 0 Å². The van der Waals surface area contributed by atoms with Gasteiger partial charge in [0.15, 0.2) is 0 Å². The third kappa shape index (κ3) is 4.97. The molecule has 0 aromatic heterocycles. The van der Waals surface area contributed by atoms with Crippen LogP contribution in [0.3, 0.4) is 0 Å². The van der Waals surface area contributed by atoms with E-state index in [1.165, 1.54) is 5.56 Å². The van der Waals surface area contributed by atoms with Crippen molar-refractivity contribution in [3.8, 4) is 0 Å². The summed E-state index contributed by atoms with van der Waals surface area (Å²) in [6, 6.07) is 8.14. The highest BCUT2D eigenvalue weighted by Gasteiger charge is 2.28. The van der Waals surface area contributed by atoms with Crippen LogP contribution in [0, 0.1) is 5.92 Å². The number of hydrogen-bond acceptors (Lipinski definition) is 2. The first-order valence-electron chi connectivity index (χ1n) is 9.40. The number of piperidine rings is 1. The molecule has 1 N–H and O–H groups in total. The lowest BCUT2D eigenvalue weighted by Gasteiger charge is -2.34. The van der Waals surface area contributed by atoms with Crippen LogP contribution in [0.4, 0.5) is 10.5 Å². The smallest absolute Gasteiger partial charge is 0.319 e. The Balaban J connectivity index is 1.85. The van der Waals surface area contributed by atoms with Crippen molar-refractivity contribution in [3.05, 3.63) is 29.8 Å². The summed E-state index contributed by atoms with van der Waals surface area (Å²) in [5.74, 6) is 0.523. The molecule has 5 heteroatoms. The second kappa shape index (κ2) is 8.88. The summed E-state index contributed by atoms with van der Waals surface area (Å²) in [5, 5.41) is 3.01. The number of urea groups is 1. The number of rotatable bonds is 5. The van der Waals surface area contributed by atoms with E-state index >= 15 is 0 Å². The summed E-state index contributed by atoms with van der Waals surface area (Å²) >= 11 is 0. The van der Waals surface area contributed by atoms with Gasteiger partial charge in [-0.1, -0.05) is 26.0 Å². The zero-order valence-corrected chi connectivity index (χ0v) is 15.9. The van der Waals surface area contributed by atoms with E-state index in [0.717, 1.165) is 31.6 Å². The second-order valence-corrected chi connectivity index (χ2v) is 6.98. The fraction of sp³-hybridized carbons (Fsp3) is 0.600. The van der Waals surface area contributed by atoms with Crippen LogP contribution in [0.1, 0.15) is 52.0 Å². The van der Waals surface area contributed by atoms with Gasteiger partial charge in [0.25, 0.3) is 0 Å². The Bertz CT molecular complexity index is 571. The quantitative estimate of drug-likeness (QED) is 0.879. The van der Waals surface area contributed by atoms with Crippen LogP contribution in [0.25, 0.3) is 0 Å². The van der Waals surface area contributed by atoms with Gasteiger partial charge >= 0.3 is 6.03 Å². The first-order valence-corrected chi connectivity index (χ1v) is 9.40. The maximum absolute atomic E-state index is 12.5. The molecule has 0 saturated carbocycles. The fourth-order valence-electron chi connectivity index (χ4n) is 3.22. The number of likely N-dealkylation sites (tertiary alicyclic amines) is 1. The number of carbonyl (C=O) groups is 2. The lowest BCUT2D eigenvalue weighted by atomic mass is 9.96. The van der Waals surface area contributed by atoms with Crippen LogP contribution in [-0.2, 0) is 4.79 Å². The van der Waals surface area contributed by atoms with Gasteiger partial charge in [0.2, 0.25) is 5.91 Å². The molecule has 0 atom stereocenters. The molecule has 0 bridgehead atoms. The van der Waals surface area contributed by atoms with E-state index < -0.39 is 0 Å². The Morgan fingerprint density at radius 1 is 1.12 bits per heavy atom. The summed E-state index contributed by atoms with van der Waals surface area (Å²) in [6.07, 6.45) is 1.45. The Kier molecular flexibility index (Phi) is 6.85. The maximum Gasteiger partial charge on any atom is 0.319 e. The van der Waals surface area contributed by atoms with Crippen LogP contribution in [0.5, 0.6) is 0 Å². The number of nitrogens with one attached hydrogen (secondary N) is 1. The minimum Gasteiger partial charge on any atom is -0.326 e. The zero-order valence-electron chi connectivity index (χ0n) is 15.9. The third-order valence-corrected chi connectivity index (χ3v) is 5.02. The number of anilines is 1. The van der Waals surface area contributed by atoms with Gasteiger partial charge in [-0.3, -0.25) is 4.79 Å². The first kappa shape index (κ1) is 19.3. The van der Waals surface area contributed by atoms with Crippen molar-refractivity contribution in [1.82, 2.24) is 9.80 Å². The fourth-order valence-corrected chi connectivity index (χ4v) is 3.22. The third-order valence-electron chi connectivity index (χ3n) is 5.02. The van der Waals surface area contributed by atoms with Crippen LogP contribution in [0.2, 0.25) is 0 Å². The molecule has 0 aliphatic carbocycles. The van der Waals surface area contributed by atoms with Crippen LogP contribution in [-0.4, -0.2) is 47.9 Å². The summed E-state index contributed by atoms with van der Waals surface area (Å²) in [5.41, 5.74) is 2.11. The minimum atomic E-state index is -0.0227. The predicted octanol–water partition coefficient (Wildman–Crippen LogP) is 3.92. The molecule has 5 nitrogen and oxygen atoms in total. The Morgan fingerprint density at radius 2 is 1.68 bits per heavy atom. The molecule has 3 amide bonds. The maximum atomic E-state index is 12.5. The molecular formula is C20H31N3O2. The van der Waals surface area contributed by atoms with E-state index in [2.05, 4.69) is 31.3 Å². The molecule has 2 rings (SSSR count). The van der Waals surface area contributed by atoms with E-state index in [1.54, 1.807) is 0 Å². The van der Waals surface area contributed by atoms with Crippen molar-refractivity contribution in [1.29, 1.82) is 0 Å². The zero-order chi connectivity index (χ0) is 18.4. The van der Waals surface area contributed by atoms with Crippen molar-refractivity contribution < 1.29 is 9.59 Å². The highest BCUT2D eigenvalue weighted by Crippen LogP contribution is 2.22. The minimum absolute atomic E-state index is 0.0227. The van der Waals surface area contributed by atoms with Gasteiger partial charge in [-0.25, -0.2) is 4.79 Å². The predicted molar refractivity (Wildman–Crippen MR) is 102 cm³/mol. The Hall–Kier alpha value is -2.04. The summed E-state index contributed by atoms with van der Waals surface area (Å²) in [7, 11) is 0. The normalized spacial score (nSPS) is 15.3. The van der Waals surface area contributed by atoms with Gasteiger partial charge in [0.1, 0.15) is 0 Å². The first-order chi connectivity index (χ1) is 12.0. The van der Waals surface area contributed by atoms with Gasteiger partial charge < -0.3 is 15.1 Å². The number of amides is 3. The number of nitrogens with zero attached hydrogens (tertiary/aromatic N) is 2. The molecule has 1 aliphatic heterocycles. The molecular weight excluding hydrogens is 314 g/mol. The van der Waals surface area contributed by atoms with Crippen molar-refractivity contribution in [2.75, 3.05) is 31.5 Å². The van der Waals surface area contributed by atoms with Gasteiger partial charge in [-0.2, -0.15) is 0 Å². The molecule has 1 aliphatic rings. The molecule has 0 radical (unpaired) electrons. The summed E-state index contributed by atoms with van der Waals surface area (Å²) < 4.78 is 0. The molecule has 1 heterocycles. The van der Waals surface area contributed by atoms with Crippen molar-refractivity contribution in [2.24, 2.45) is 5.92 Å². The molecule has 25 heavy (non-hydrogen) atoms. The molecule has 1 saturated heterocycles. The summed E-state index contributed by atoms with van der Waals surface area (Å²) in [6.45, 7) is 11.0. The Labute approximate surface area is 151 Å². The summed E-state index contributed by atoms with van der Waals surface area (Å²) in [4.78, 5) is 28.5. The van der Waals surface area contributed by atoms with Gasteiger partial charge in [-0.05, 0) is 50.3 Å². The molecule has 1 aromatic carbocycles. The van der Waals surface area contributed by atoms with Crippen molar-refractivity contribution >= 4 is 17.6 Å². The SMILES string of the molecule is CCN(CC)C(=O)N1CCC(C(=O)Nc2ccc(C(C)C)cc2)CC1. The highest BCUT2D eigenvalue weighted by atomic mass is 16.2. The number of hydrogen-bond donors (Lipinski definition) is 1. The molecule has 1 fully saturated rings. The molecule has 1 aromatic rings. The monoisotopic (exact) mass is 345 g/mol. The average molecular weight is 345 g/mol.